The zero-order chi connectivity index (χ0) is 12.4. The normalized spacial score (nSPS) is 24.1. The molecule has 0 spiro atoms. The van der Waals surface area contributed by atoms with E-state index in [0.717, 1.165) is 13.0 Å². The molecule has 2 N–H and O–H groups in total. The summed E-state index contributed by atoms with van der Waals surface area (Å²) in [4.78, 5) is 14.3. The summed E-state index contributed by atoms with van der Waals surface area (Å²) in [6, 6.07) is 0.0539. The number of nitrogens with one attached hydrogen (secondary N) is 1. The average molecular weight is 258 g/mol. The molecule has 2 rings (SSSR count). The second-order valence-electron chi connectivity index (χ2n) is 4.19. The Kier molecular flexibility index (Phi) is 3.63. The highest BCUT2D eigenvalue weighted by molar-refractivity contribution is 6.28. The van der Waals surface area contributed by atoms with Crippen molar-refractivity contribution in [2.45, 2.75) is 19.4 Å². The first-order valence-corrected chi connectivity index (χ1v) is 6.00. The molecule has 0 bridgehead atoms. The smallest absolute Gasteiger partial charge is 0.231 e. The van der Waals surface area contributed by atoms with Crippen LogP contribution < -0.4 is 10.2 Å². The number of rotatable bonds is 3. The van der Waals surface area contributed by atoms with Gasteiger partial charge in [-0.25, -0.2) is 0 Å². The van der Waals surface area contributed by atoms with Crippen LogP contribution >= 0.6 is 11.6 Å². The lowest BCUT2D eigenvalue weighted by atomic mass is 10.0. The number of hydrogen-bond acceptors (Lipinski definition) is 6. The Balaban J connectivity index is 2.30. The van der Waals surface area contributed by atoms with Crippen molar-refractivity contribution in [3.8, 4) is 0 Å². The van der Waals surface area contributed by atoms with Gasteiger partial charge in [-0.2, -0.15) is 15.0 Å². The van der Waals surface area contributed by atoms with E-state index in [-0.39, 0.29) is 17.9 Å². The second kappa shape index (κ2) is 5.01. The van der Waals surface area contributed by atoms with Gasteiger partial charge in [0.1, 0.15) is 0 Å². The van der Waals surface area contributed by atoms with Crippen LogP contribution in [0.5, 0.6) is 0 Å². The number of aliphatic hydroxyl groups is 1. The Morgan fingerprint density at radius 1 is 1.47 bits per heavy atom. The zero-order valence-electron chi connectivity index (χ0n) is 9.89. The van der Waals surface area contributed by atoms with Crippen LogP contribution in [0, 0.1) is 5.92 Å². The first-order valence-electron chi connectivity index (χ1n) is 5.62. The highest BCUT2D eigenvalue weighted by Crippen LogP contribution is 2.27. The minimum atomic E-state index is 0.0539. The van der Waals surface area contributed by atoms with Crippen LogP contribution in [-0.2, 0) is 0 Å². The van der Waals surface area contributed by atoms with Crippen molar-refractivity contribution in [2.75, 3.05) is 30.4 Å². The molecule has 1 aromatic rings. The summed E-state index contributed by atoms with van der Waals surface area (Å²) < 4.78 is 0. The summed E-state index contributed by atoms with van der Waals surface area (Å²) >= 11 is 5.84. The fourth-order valence-electron chi connectivity index (χ4n) is 2.11. The topological polar surface area (TPSA) is 74.2 Å². The second-order valence-corrected chi connectivity index (χ2v) is 4.53. The first-order chi connectivity index (χ1) is 8.15. The van der Waals surface area contributed by atoms with E-state index >= 15 is 0 Å². The first kappa shape index (κ1) is 12.3. The summed E-state index contributed by atoms with van der Waals surface area (Å²) in [5, 5.41) is 12.4. The van der Waals surface area contributed by atoms with Crippen LogP contribution in [0.4, 0.5) is 11.9 Å². The van der Waals surface area contributed by atoms with Gasteiger partial charge in [0.15, 0.2) is 0 Å². The summed E-state index contributed by atoms with van der Waals surface area (Å²) in [5.74, 6) is 1.39. The zero-order valence-corrected chi connectivity index (χ0v) is 10.6. The molecule has 1 aliphatic heterocycles. The maximum absolute atomic E-state index is 9.40. The van der Waals surface area contributed by atoms with Crippen LogP contribution in [0.1, 0.15) is 13.3 Å². The van der Waals surface area contributed by atoms with Crippen LogP contribution in [0.2, 0.25) is 5.28 Å². The van der Waals surface area contributed by atoms with Gasteiger partial charge in [0.05, 0.1) is 12.6 Å². The molecule has 2 atom stereocenters. The highest BCUT2D eigenvalue weighted by Gasteiger charge is 2.32. The molecule has 7 heteroatoms. The van der Waals surface area contributed by atoms with Gasteiger partial charge in [0.2, 0.25) is 17.2 Å². The molecule has 0 aromatic carbocycles. The molecule has 1 fully saturated rings. The summed E-state index contributed by atoms with van der Waals surface area (Å²) in [6.45, 7) is 3.04. The monoisotopic (exact) mass is 257 g/mol. The Labute approximate surface area is 105 Å². The van der Waals surface area contributed by atoms with E-state index in [1.807, 2.05) is 4.90 Å². The third-order valence-corrected chi connectivity index (χ3v) is 3.32. The van der Waals surface area contributed by atoms with Gasteiger partial charge in [-0.15, -0.1) is 0 Å². The van der Waals surface area contributed by atoms with Crippen LogP contribution in [0.3, 0.4) is 0 Å². The maximum Gasteiger partial charge on any atom is 0.231 e. The molecule has 17 heavy (non-hydrogen) atoms. The lowest BCUT2D eigenvalue weighted by Crippen LogP contribution is -2.36. The molecule has 0 aliphatic carbocycles. The van der Waals surface area contributed by atoms with E-state index in [0.29, 0.717) is 17.8 Å². The lowest BCUT2D eigenvalue weighted by Gasteiger charge is -2.25. The Morgan fingerprint density at radius 2 is 2.24 bits per heavy atom. The van der Waals surface area contributed by atoms with Crippen molar-refractivity contribution in [1.82, 2.24) is 15.0 Å². The van der Waals surface area contributed by atoms with E-state index in [4.69, 9.17) is 11.6 Å². The number of nitrogens with zero attached hydrogens (tertiary/aromatic N) is 4. The fraction of sp³-hybridized carbons (Fsp3) is 0.700. The highest BCUT2D eigenvalue weighted by atomic mass is 35.5. The average Bonchev–Trinajstić information content (AvgIpc) is 2.69. The van der Waals surface area contributed by atoms with E-state index < -0.39 is 0 Å². The van der Waals surface area contributed by atoms with Crippen molar-refractivity contribution in [1.29, 1.82) is 0 Å². The molecule has 0 radical (unpaired) electrons. The van der Waals surface area contributed by atoms with Gasteiger partial charge in [0.25, 0.3) is 0 Å². The van der Waals surface area contributed by atoms with Gasteiger partial charge in [-0.05, 0) is 23.9 Å². The molecule has 0 amide bonds. The molecule has 1 aliphatic rings. The van der Waals surface area contributed by atoms with E-state index in [1.54, 1.807) is 7.05 Å². The van der Waals surface area contributed by atoms with Crippen LogP contribution in [0.25, 0.3) is 0 Å². The lowest BCUT2D eigenvalue weighted by molar-refractivity contribution is 0.244. The van der Waals surface area contributed by atoms with Crippen LogP contribution in [0.15, 0.2) is 0 Å². The SMILES string of the molecule is CNc1nc(Cl)nc(N2CCC(C)C2CO)n1. The molecule has 2 heterocycles. The molecule has 1 saturated heterocycles. The quantitative estimate of drug-likeness (QED) is 0.833. The third-order valence-electron chi connectivity index (χ3n) is 3.15. The Morgan fingerprint density at radius 3 is 2.88 bits per heavy atom. The predicted octanol–water partition coefficient (Wildman–Crippen LogP) is 0.774. The Bertz CT molecular complexity index is 402. The van der Waals surface area contributed by atoms with E-state index in [2.05, 4.69) is 27.2 Å². The van der Waals surface area contributed by atoms with Gasteiger partial charge < -0.3 is 15.3 Å². The molecular weight excluding hydrogens is 242 g/mol. The number of aromatic nitrogens is 3. The number of hydrogen-bond donors (Lipinski definition) is 2. The summed E-state index contributed by atoms with van der Waals surface area (Å²) in [6.07, 6.45) is 1.02. The summed E-state index contributed by atoms with van der Waals surface area (Å²) in [5.41, 5.74) is 0. The van der Waals surface area contributed by atoms with Gasteiger partial charge in [-0.3, -0.25) is 0 Å². The Hall–Kier alpha value is -1.14. The molecule has 0 saturated carbocycles. The fourth-order valence-corrected chi connectivity index (χ4v) is 2.27. The summed E-state index contributed by atoms with van der Waals surface area (Å²) in [7, 11) is 1.73. The minimum absolute atomic E-state index is 0.0539. The van der Waals surface area contributed by atoms with Crippen molar-refractivity contribution in [3.05, 3.63) is 5.28 Å². The predicted molar refractivity (Wildman–Crippen MR) is 66.4 cm³/mol. The molecular formula is C10H16ClN5O. The standard InChI is InChI=1S/C10H16ClN5O/c1-6-3-4-16(7(6)5-17)10-14-8(11)13-9(12-2)15-10/h6-7,17H,3-5H2,1-2H3,(H,12,13,14,15). The van der Waals surface area contributed by atoms with Crippen molar-refractivity contribution >= 4 is 23.5 Å². The van der Waals surface area contributed by atoms with Crippen molar-refractivity contribution < 1.29 is 5.11 Å². The van der Waals surface area contributed by atoms with E-state index in [9.17, 15) is 5.11 Å². The molecule has 6 nitrogen and oxygen atoms in total. The van der Waals surface area contributed by atoms with Gasteiger partial charge >= 0.3 is 0 Å². The minimum Gasteiger partial charge on any atom is -0.394 e. The molecule has 1 aromatic heterocycles. The van der Waals surface area contributed by atoms with Gasteiger partial charge in [0, 0.05) is 13.6 Å². The van der Waals surface area contributed by atoms with Gasteiger partial charge in [-0.1, -0.05) is 6.92 Å². The van der Waals surface area contributed by atoms with Crippen molar-refractivity contribution in [3.63, 3.8) is 0 Å². The number of anilines is 2. The van der Waals surface area contributed by atoms with Crippen LogP contribution in [-0.4, -0.2) is 46.3 Å². The molecule has 94 valence electrons. The number of halogens is 1. The van der Waals surface area contributed by atoms with Crippen molar-refractivity contribution in [2.24, 2.45) is 5.92 Å². The largest absolute Gasteiger partial charge is 0.394 e. The maximum atomic E-state index is 9.40. The third kappa shape index (κ3) is 2.42. The van der Waals surface area contributed by atoms with E-state index in [1.165, 1.54) is 0 Å². The molecule has 2 unspecified atom stereocenters. The number of aliphatic hydroxyl groups excluding tert-OH is 1.